The van der Waals surface area contributed by atoms with Gasteiger partial charge in [-0.05, 0) is 50.5 Å². The molecular weight excluding hydrogens is 224 g/mol. The summed E-state index contributed by atoms with van der Waals surface area (Å²) >= 11 is 0. The molecule has 98 valence electrons. The van der Waals surface area contributed by atoms with Gasteiger partial charge in [-0.1, -0.05) is 6.92 Å². The van der Waals surface area contributed by atoms with Crippen molar-refractivity contribution in [3.63, 3.8) is 0 Å². The highest BCUT2D eigenvalue weighted by atomic mass is 16.1. The zero-order valence-electron chi connectivity index (χ0n) is 11.3. The van der Waals surface area contributed by atoms with E-state index in [2.05, 4.69) is 29.3 Å². The number of amides is 1. The standard InChI is InChI=1S/C15H22N2O/c1-3-15(18)16-13-7-9-14(10-8-13)17-11-5-4-6-12(17)2/h7-10,12H,3-6,11H2,1-2H3,(H,16,18)/t12-/m0/s1. The fraction of sp³-hybridized carbons (Fsp3) is 0.533. The average molecular weight is 246 g/mol. The van der Waals surface area contributed by atoms with E-state index >= 15 is 0 Å². The summed E-state index contributed by atoms with van der Waals surface area (Å²) in [7, 11) is 0. The molecule has 0 aliphatic carbocycles. The van der Waals surface area contributed by atoms with Gasteiger partial charge in [0.05, 0.1) is 0 Å². The first-order valence-electron chi connectivity index (χ1n) is 6.87. The van der Waals surface area contributed by atoms with Crippen LogP contribution in [0, 0.1) is 0 Å². The molecular formula is C15H22N2O. The van der Waals surface area contributed by atoms with Crippen molar-refractivity contribution in [2.45, 2.75) is 45.6 Å². The quantitative estimate of drug-likeness (QED) is 0.886. The van der Waals surface area contributed by atoms with Crippen LogP contribution >= 0.6 is 0 Å². The van der Waals surface area contributed by atoms with Gasteiger partial charge in [0.1, 0.15) is 0 Å². The third-order valence-corrected chi connectivity index (χ3v) is 3.61. The molecule has 1 aliphatic heterocycles. The molecule has 1 saturated heterocycles. The molecule has 1 amide bonds. The number of anilines is 2. The first-order chi connectivity index (χ1) is 8.70. The fourth-order valence-electron chi connectivity index (χ4n) is 2.47. The Morgan fingerprint density at radius 2 is 2.06 bits per heavy atom. The highest BCUT2D eigenvalue weighted by Gasteiger charge is 2.18. The van der Waals surface area contributed by atoms with E-state index in [0.29, 0.717) is 12.5 Å². The molecule has 18 heavy (non-hydrogen) atoms. The van der Waals surface area contributed by atoms with Crippen molar-refractivity contribution in [1.82, 2.24) is 0 Å². The van der Waals surface area contributed by atoms with Crippen LogP contribution in [0.1, 0.15) is 39.5 Å². The molecule has 1 N–H and O–H groups in total. The van der Waals surface area contributed by atoms with Gasteiger partial charge in [0, 0.05) is 30.4 Å². The number of hydrogen-bond acceptors (Lipinski definition) is 2. The summed E-state index contributed by atoms with van der Waals surface area (Å²) in [4.78, 5) is 13.8. The molecule has 1 aromatic rings. The number of carbonyl (C=O) groups is 1. The minimum atomic E-state index is 0.0640. The van der Waals surface area contributed by atoms with E-state index in [1.165, 1.54) is 24.9 Å². The lowest BCUT2D eigenvalue weighted by Crippen LogP contribution is -2.37. The molecule has 0 unspecified atom stereocenters. The second-order valence-corrected chi connectivity index (χ2v) is 4.99. The van der Waals surface area contributed by atoms with Gasteiger partial charge in [-0.2, -0.15) is 0 Å². The zero-order valence-corrected chi connectivity index (χ0v) is 11.3. The van der Waals surface area contributed by atoms with E-state index < -0.39 is 0 Å². The predicted molar refractivity (Wildman–Crippen MR) is 76.0 cm³/mol. The maximum atomic E-state index is 11.3. The second kappa shape index (κ2) is 5.89. The van der Waals surface area contributed by atoms with Crippen LogP contribution in [0.25, 0.3) is 0 Å². The van der Waals surface area contributed by atoms with Gasteiger partial charge in [-0.15, -0.1) is 0 Å². The maximum absolute atomic E-state index is 11.3. The van der Waals surface area contributed by atoms with Crippen LogP contribution in [0.3, 0.4) is 0 Å². The minimum absolute atomic E-state index is 0.0640. The number of nitrogens with zero attached hydrogens (tertiary/aromatic N) is 1. The highest BCUT2D eigenvalue weighted by Crippen LogP contribution is 2.25. The van der Waals surface area contributed by atoms with Crippen molar-refractivity contribution in [2.75, 3.05) is 16.8 Å². The topological polar surface area (TPSA) is 32.3 Å². The monoisotopic (exact) mass is 246 g/mol. The summed E-state index contributed by atoms with van der Waals surface area (Å²) < 4.78 is 0. The molecule has 1 aliphatic rings. The lowest BCUT2D eigenvalue weighted by atomic mass is 10.0. The third-order valence-electron chi connectivity index (χ3n) is 3.61. The van der Waals surface area contributed by atoms with Gasteiger partial charge in [0.15, 0.2) is 0 Å². The van der Waals surface area contributed by atoms with Gasteiger partial charge in [-0.3, -0.25) is 4.79 Å². The van der Waals surface area contributed by atoms with E-state index in [-0.39, 0.29) is 5.91 Å². The summed E-state index contributed by atoms with van der Waals surface area (Å²) in [6, 6.07) is 8.81. The summed E-state index contributed by atoms with van der Waals surface area (Å²) in [6.45, 7) is 5.28. The number of nitrogens with one attached hydrogen (secondary N) is 1. The van der Waals surface area contributed by atoms with E-state index in [9.17, 15) is 4.79 Å². The van der Waals surface area contributed by atoms with E-state index in [0.717, 1.165) is 12.2 Å². The zero-order chi connectivity index (χ0) is 13.0. The minimum Gasteiger partial charge on any atom is -0.369 e. The Kier molecular flexibility index (Phi) is 4.24. The third kappa shape index (κ3) is 3.03. The number of piperidine rings is 1. The Bertz CT molecular complexity index is 399. The smallest absolute Gasteiger partial charge is 0.224 e. The molecule has 1 fully saturated rings. The molecule has 0 spiro atoms. The Morgan fingerprint density at radius 3 is 2.67 bits per heavy atom. The molecule has 1 heterocycles. The Hall–Kier alpha value is -1.51. The van der Waals surface area contributed by atoms with Gasteiger partial charge >= 0.3 is 0 Å². The molecule has 0 radical (unpaired) electrons. The summed E-state index contributed by atoms with van der Waals surface area (Å²) in [5.41, 5.74) is 2.15. The lowest BCUT2D eigenvalue weighted by molar-refractivity contribution is -0.115. The molecule has 0 bridgehead atoms. The van der Waals surface area contributed by atoms with Crippen molar-refractivity contribution in [3.05, 3.63) is 24.3 Å². The summed E-state index contributed by atoms with van der Waals surface area (Å²) in [5.74, 6) is 0.0640. The second-order valence-electron chi connectivity index (χ2n) is 4.99. The van der Waals surface area contributed by atoms with Crippen LogP contribution in [-0.2, 0) is 4.79 Å². The van der Waals surface area contributed by atoms with Crippen LogP contribution in [0.2, 0.25) is 0 Å². The average Bonchev–Trinajstić information content (AvgIpc) is 2.40. The summed E-state index contributed by atoms with van der Waals surface area (Å²) in [5, 5.41) is 2.88. The van der Waals surface area contributed by atoms with Gasteiger partial charge in [-0.25, -0.2) is 0 Å². The van der Waals surface area contributed by atoms with Gasteiger partial charge in [0.2, 0.25) is 5.91 Å². The molecule has 0 aromatic heterocycles. The largest absolute Gasteiger partial charge is 0.369 e. The molecule has 1 atom stereocenters. The van der Waals surface area contributed by atoms with Crippen LogP contribution in [0.4, 0.5) is 11.4 Å². The maximum Gasteiger partial charge on any atom is 0.224 e. The predicted octanol–water partition coefficient (Wildman–Crippen LogP) is 3.41. The molecule has 0 saturated carbocycles. The van der Waals surface area contributed by atoms with Crippen molar-refractivity contribution >= 4 is 17.3 Å². The highest BCUT2D eigenvalue weighted by molar-refractivity contribution is 5.90. The van der Waals surface area contributed by atoms with Gasteiger partial charge in [0.25, 0.3) is 0 Å². The number of carbonyl (C=O) groups excluding carboxylic acids is 1. The molecule has 2 rings (SSSR count). The van der Waals surface area contributed by atoms with Crippen LogP contribution in [0.5, 0.6) is 0 Å². The first-order valence-corrected chi connectivity index (χ1v) is 6.87. The van der Waals surface area contributed by atoms with Crippen LogP contribution < -0.4 is 10.2 Å². The molecule has 1 aromatic carbocycles. The number of rotatable bonds is 3. The molecule has 3 heteroatoms. The first kappa shape index (κ1) is 12.9. The lowest BCUT2D eigenvalue weighted by Gasteiger charge is -2.35. The van der Waals surface area contributed by atoms with Crippen LogP contribution in [-0.4, -0.2) is 18.5 Å². The molecule has 3 nitrogen and oxygen atoms in total. The Labute approximate surface area is 109 Å². The number of hydrogen-bond donors (Lipinski definition) is 1. The SMILES string of the molecule is CCC(=O)Nc1ccc(N2CCCC[C@@H]2C)cc1. The number of benzene rings is 1. The van der Waals surface area contributed by atoms with E-state index in [1.807, 2.05) is 19.1 Å². The van der Waals surface area contributed by atoms with E-state index in [4.69, 9.17) is 0 Å². The Balaban J connectivity index is 2.04. The van der Waals surface area contributed by atoms with Crippen molar-refractivity contribution in [2.24, 2.45) is 0 Å². The van der Waals surface area contributed by atoms with Crippen LogP contribution in [0.15, 0.2) is 24.3 Å². The van der Waals surface area contributed by atoms with Gasteiger partial charge < -0.3 is 10.2 Å². The van der Waals surface area contributed by atoms with E-state index in [1.54, 1.807) is 0 Å². The normalized spacial score (nSPS) is 19.7. The summed E-state index contributed by atoms with van der Waals surface area (Å²) in [6.07, 6.45) is 4.40. The van der Waals surface area contributed by atoms with Crippen molar-refractivity contribution < 1.29 is 4.79 Å². The Morgan fingerprint density at radius 1 is 1.33 bits per heavy atom. The van der Waals surface area contributed by atoms with Crippen molar-refractivity contribution in [1.29, 1.82) is 0 Å². The fourth-order valence-corrected chi connectivity index (χ4v) is 2.47. The van der Waals surface area contributed by atoms with Crippen molar-refractivity contribution in [3.8, 4) is 0 Å².